The van der Waals surface area contributed by atoms with Crippen LogP contribution in [0.4, 0.5) is 0 Å². The fourth-order valence-electron chi connectivity index (χ4n) is 3.00. The van der Waals surface area contributed by atoms with Crippen LogP contribution in [0.1, 0.15) is 23.5 Å². The number of nitrogens with zero attached hydrogens (tertiary/aromatic N) is 5. The summed E-state index contributed by atoms with van der Waals surface area (Å²) in [5, 5.41) is 0. The van der Waals surface area contributed by atoms with Crippen LogP contribution in [0.15, 0.2) is 36.8 Å². The Morgan fingerprint density at radius 3 is 2.73 bits per heavy atom. The van der Waals surface area contributed by atoms with Crippen LogP contribution < -0.4 is 0 Å². The van der Waals surface area contributed by atoms with E-state index in [-0.39, 0.29) is 0 Å². The molecule has 1 unspecified atom stereocenters. The normalized spacial score (nSPS) is 19.0. The van der Waals surface area contributed by atoms with E-state index < -0.39 is 0 Å². The number of pyridine rings is 1. The molecule has 1 aliphatic rings. The van der Waals surface area contributed by atoms with Crippen molar-refractivity contribution in [1.82, 2.24) is 24.8 Å². The number of aromatic nitrogens is 3. The maximum absolute atomic E-state index is 4.38. The Morgan fingerprint density at radius 1 is 1.18 bits per heavy atom. The third-order valence-electron chi connectivity index (χ3n) is 4.39. The summed E-state index contributed by atoms with van der Waals surface area (Å²) in [5.41, 5.74) is 2.47. The maximum Gasteiger partial charge on any atom is 0.142 e. The van der Waals surface area contributed by atoms with Gasteiger partial charge < -0.3 is 0 Å². The molecule has 0 saturated carbocycles. The molecule has 2 aromatic rings. The number of hydrogen-bond acceptors (Lipinski definition) is 5. The van der Waals surface area contributed by atoms with E-state index in [0.717, 1.165) is 37.7 Å². The zero-order chi connectivity index (χ0) is 15.4. The highest BCUT2D eigenvalue weighted by Gasteiger charge is 2.26. The zero-order valence-corrected chi connectivity index (χ0v) is 13.3. The molecule has 1 saturated heterocycles. The Labute approximate surface area is 132 Å². The van der Waals surface area contributed by atoms with Crippen LogP contribution in [0.25, 0.3) is 0 Å². The first kappa shape index (κ1) is 15.1. The molecule has 5 heteroatoms. The van der Waals surface area contributed by atoms with E-state index in [4.69, 9.17) is 0 Å². The molecule has 0 amide bonds. The van der Waals surface area contributed by atoms with E-state index in [1.165, 1.54) is 12.0 Å². The first-order valence-electron chi connectivity index (χ1n) is 7.81. The van der Waals surface area contributed by atoms with Crippen LogP contribution in [-0.2, 0) is 13.1 Å². The first-order chi connectivity index (χ1) is 10.7. The molecule has 2 aromatic heterocycles. The molecule has 5 nitrogen and oxygen atoms in total. The second kappa shape index (κ2) is 6.94. The molecule has 0 aromatic carbocycles. The van der Waals surface area contributed by atoms with E-state index >= 15 is 0 Å². The topological polar surface area (TPSA) is 45.2 Å². The van der Waals surface area contributed by atoms with Gasteiger partial charge in [-0.05, 0) is 38.1 Å². The van der Waals surface area contributed by atoms with Gasteiger partial charge in [0.1, 0.15) is 5.82 Å². The van der Waals surface area contributed by atoms with E-state index in [9.17, 15) is 0 Å². The molecule has 1 fully saturated rings. The predicted octanol–water partition coefficient (Wildman–Crippen LogP) is 1.89. The Balaban J connectivity index is 1.55. The number of hydrogen-bond donors (Lipinski definition) is 0. The molecule has 3 heterocycles. The van der Waals surface area contributed by atoms with E-state index in [2.05, 4.69) is 44.8 Å². The van der Waals surface area contributed by atoms with Crippen LogP contribution in [0.3, 0.4) is 0 Å². The smallest absolute Gasteiger partial charge is 0.142 e. The minimum atomic E-state index is 0.570. The molecule has 1 atom stereocenters. The van der Waals surface area contributed by atoms with Crippen molar-refractivity contribution < 1.29 is 0 Å². The first-order valence-corrected chi connectivity index (χ1v) is 7.81. The fourth-order valence-corrected chi connectivity index (χ4v) is 3.00. The molecule has 0 N–H and O–H groups in total. The number of likely N-dealkylation sites (tertiary alicyclic amines) is 1. The van der Waals surface area contributed by atoms with Crippen molar-refractivity contribution in [3.05, 3.63) is 53.9 Å². The van der Waals surface area contributed by atoms with Gasteiger partial charge in [0, 0.05) is 50.0 Å². The average Bonchev–Trinajstić information content (AvgIpc) is 2.99. The largest absolute Gasteiger partial charge is 0.297 e. The summed E-state index contributed by atoms with van der Waals surface area (Å²) < 4.78 is 0. The Morgan fingerprint density at radius 2 is 1.95 bits per heavy atom. The Hall–Kier alpha value is -1.85. The quantitative estimate of drug-likeness (QED) is 0.843. The second-order valence-corrected chi connectivity index (χ2v) is 6.01. The lowest BCUT2D eigenvalue weighted by Crippen LogP contribution is -2.34. The monoisotopic (exact) mass is 297 g/mol. The molecule has 0 radical (unpaired) electrons. The molecule has 1 aliphatic heterocycles. The molecule has 22 heavy (non-hydrogen) atoms. The van der Waals surface area contributed by atoms with Crippen molar-refractivity contribution in [1.29, 1.82) is 0 Å². The Bertz CT molecular complexity index is 601. The second-order valence-electron chi connectivity index (χ2n) is 6.01. The third-order valence-corrected chi connectivity index (χ3v) is 4.39. The van der Waals surface area contributed by atoms with Crippen molar-refractivity contribution >= 4 is 0 Å². The highest BCUT2D eigenvalue weighted by Crippen LogP contribution is 2.18. The van der Waals surface area contributed by atoms with Crippen molar-refractivity contribution in [2.24, 2.45) is 0 Å². The van der Waals surface area contributed by atoms with Crippen LogP contribution in [0.2, 0.25) is 0 Å². The molecule has 0 bridgehead atoms. The van der Waals surface area contributed by atoms with Gasteiger partial charge in [0.15, 0.2) is 0 Å². The molecular formula is C17H23N5. The molecule has 3 rings (SSSR count). The minimum absolute atomic E-state index is 0.570. The lowest BCUT2D eigenvalue weighted by Gasteiger charge is -2.24. The summed E-state index contributed by atoms with van der Waals surface area (Å²) in [4.78, 5) is 17.9. The minimum Gasteiger partial charge on any atom is -0.297 e. The van der Waals surface area contributed by atoms with E-state index in [0.29, 0.717) is 6.04 Å². The van der Waals surface area contributed by atoms with Gasteiger partial charge in [-0.25, -0.2) is 9.97 Å². The summed E-state index contributed by atoms with van der Waals surface area (Å²) in [5.74, 6) is 0.895. The molecule has 116 valence electrons. The standard InChI is InChI=1S/C17H23N5/c1-14-15(5-3-7-18-14)11-22-10-6-16(12-22)21(2)13-17-19-8-4-9-20-17/h3-5,7-9,16H,6,10-13H2,1-2H3. The van der Waals surface area contributed by atoms with E-state index in [1.807, 2.05) is 30.7 Å². The van der Waals surface area contributed by atoms with Gasteiger partial charge >= 0.3 is 0 Å². The number of rotatable bonds is 5. The van der Waals surface area contributed by atoms with Crippen LogP contribution >= 0.6 is 0 Å². The van der Waals surface area contributed by atoms with Crippen molar-refractivity contribution in [2.45, 2.75) is 32.5 Å². The summed E-state index contributed by atoms with van der Waals surface area (Å²) in [6.45, 7) is 6.12. The number of aryl methyl sites for hydroxylation is 1. The molecular weight excluding hydrogens is 274 g/mol. The summed E-state index contributed by atoms with van der Waals surface area (Å²) >= 11 is 0. The zero-order valence-electron chi connectivity index (χ0n) is 13.3. The highest BCUT2D eigenvalue weighted by atomic mass is 15.2. The Kier molecular flexibility index (Phi) is 4.75. The number of likely N-dealkylation sites (N-methyl/N-ethyl adjacent to an activating group) is 1. The van der Waals surface area contributed by atoms with Crippen LogP contribution in [0, 0.1) is 6.92 Å². The van der Waals surface area contributed by atoms with Gasteiger partial charge in [-0.1, -0.05) is 6.07 Å². The lowest BCUT2D eigenvalue weighted by molar-refractivity contribution is 0.218. The van der Waals surface area contributed by atoms with Crippen molar-refractivity contribution in [2.75, 3.05) is 20.1 Å². The lowest BCUT2D eigenvalue weighted by atomic mass is 10.2. The van der Waals surface area contributed by atoms with Gasteiger partial charge in [0.25, 0.3) is 0 Å². The van der Waals surface area contributed by atoms with Crippen molar-refractivity contribution in [3.8, 4) is 0 Å². The van der Waals surface area contributed by atoms with Crippen LogP contribution in [0.5, 0.6) is 0 Å². The van der Waals surface area contributed by atoms with Gasteiger partial charge in [-0.3, -0.25) is 14.8 Å². The van der Waals surface area contributed by atoms with Gasteiger partial charge in [0.2, 0.25) is 0 Å². The van der Waals surface area contributed by atoms with Crippen LogP contribution in [-0.4, -0.2) is 50.9 Å². The highest BCUT2D eigenvalue weighted by molar-refractivity contribution is 5.18. The maximum atomic E-state index is 4.38. The van der Waals surface area contributed by atoms with Crippen molar-refractivity contribution in [3.63, 3.8) is 0 Å². The molecule has 0 aliphatic carbocycles. The van der Waals surface area contributed by atoms with Gasteiger partial charge in [0.05, 0.1) is 6.54 Å². The summed E-state index contributed by atoms with van der Waals surface area (Å²) in [7, 11) is 2.17. The fraction of sp³-hybridized carbons (Fsp3) is 0.471. The van der Waals surface area contributed by atoms with Gasteiger partial charge in [-0.2, -0.15) is 0 Å². The predicted molar refractivity (Wildman–Crippen MR) is 86.2 cm³/mol. The summed E-state index contributed by atoms with van der Waals surface area (Å²) in [6, 6.07) is 6.63. The SMILES string of the molecule is Cc1ncccc1CN1CCC(N(C)Cc2ncccn2)C1. The average molecular weight is 297 g/mol. The van der Waals surface area contributed by atoms with E-state index in [1.54, 1.807) is 0 Å². The summed E-state index contributed by atoms with van der Waals surface area (Å²) in [6.07, 6.45) is 6.67. The van der Waals surface area contributed by atoms with Gasteiger partial charge in [-0.15, -0.1) is 0 Å². The molecule has 0 spiro atoms. The third kappa shape index (κ3) is 3.67.